The van der Waals surface area contributed by atoms with E-state index in [2.05, 4.69) is 26.8 Å². The van der Waals surface area contributed by atoms with Crippen LogP contribution < -0.4 is 0 Å². The Kier molecular flexibility index (Phi) is 4.90. The molecule has 4 unspecified atom stereocenters. The highest BCUT2D eigenvalue weighted by Gasteiger charge is 2.77. The quantitative estimate of drug-likeness (QED) is 0.446. The van der Waals surface area contributed by atoms with E-state index in [1.807, 2.05) is 20.1 Å². The molecule has 0 spiro atoms. The number of ether oxygens (including phenoxy) is 3. The zero-order chi connectivity index (χ0) is 25.8. The second kappa shape index (κ2) is 7.44. The molecule has 1 aromatic heterocycles. The molecule has 0 amide bonds. The number of allylic oxidation sites excluding steroid dienone is 2. The molecule has 5 aliphatic rings. The zero-order valence-electron chi connectivity index (χ0n) is 21.8. The Bertz CT molecular complexity index is 1240. The molecular weight excluding hydrogens is 460 g/mol. The van der Waals surface area contributed by atoms with Crippen molar-refractivity contribution >= 4 is 17.7 Å². The first-order valence-corrected chi connectivity index (χ1v) is 13.0. The van der Waals surface area contributed by atoms with E-state index in [1.165, 1.54) is 18.8 Å². The molecule has 7 nitrogen and oxygen atoms in total. The Balaban J connectivity index is 0.00000280. The highest BCUT2D eigenvalue weighted by atomic mass is 16.6. The van der Waals surface area contributed by atoms with E-state index in [4.69, 9.17) is 18.6 Å². The number of aryl methyl sites for hydroxylation is 1. The SMILES string of the molecule is CCc1cc(C2CC3OC4[C@@H]5OC(=O)[C@]6(C)C=CC(=O)[C@@](C)(C56)[C@@H](CC(=O)OC)[C@]4(C)C3=C2C)co1.[HH]. The average Bonchev–Trinajstić information content (AvgIpc) is 3.58. The van der Waals surface area contributed by atoms with Gasteiger partial charge in [-0.25, -0.2) is 0 Å². The third kappa shape index (κ3) is 2.65. The lowest BCUT2D eigenvalue weighted by Gasteiger charge is -2.59. The smallest absolute Gasteiger partial charge is 0.316 e. The highest BCUT2D eigenvalue weighted by molar-refractivity contribution is 6.00. The van der Waals surface area contributed by atoms with E-state index in [0.29, 0.717) is 0 Å². The lowest BCUT2D eigenvalue weighted by Crippen LogP contribution is -2.66. The van der Waals surface area contributed by atoms with Crippen LogP contribution in [0, 0.1) is 28.1 Å². The summed E-state index contributed by atoms with van der Waals surface area (Å²) in [5.74, 6) is -0.525. The number of esters is 2. The Labute approximate surface area is 212 Å². The molecule has 3 aliphatic carbocycles. The van der Waals surface area contributed by atoms with Crippen molar-refractivity contribution in [2.75, 3.05) is 7.11 Å². The van der Waals surface area contributed by atoms with Gasteiger partial charge in [-0.2, -0.15) is 0 Å². The molecule has 0 radical (unpaired) electrons. The lowest BCUT2D eigenvalue weighted by molar-refractivity contribution is -0.190. The van der Waals surface area contributed by atoms with Gasteiger partial charge in [-0.3, -0.25) is 14.4 Å². The fourth-order valence-electron chi connectivity index (χ4n) is 8.70. The molecule has 2 saturated heterocycles. The molecule has 0 aromatic carbocycles. The van der Waals surface area contributed by atoms with Crippen molar-refractivity contribution in [2.24, 2.45) is 28.1 Å². The predicted octanol–water partition coefficient (Wildman–Crippen LogP) is 4.55. The molecule has 7 heteroatoms. The van der Waals surface area contributed by atoms with Gasteiger partial charge in [-0.15, -0.1) is 0 Å². The Morgan fingerprint density at radius 1 is 1.22 bits per heavy atom. The van der Waals surface area contributed by atoms with Crippen molar-refractivity contribution in [2.45, 2.75) is 78.1 Å². The third-order valence-electron chi connectivity index (χ3n) is 10.4. The number of carbonyl (C=O) groups is 3. The molecule has 0 bridgehead atoms. The largest absolute Gasteiger partial charge is 0.469 e. The van der Waals surface area contributed by atoms with Crippen molar-refractivity contribution < 1.29 is 34.4 Å². The molecular formula is C29H36O7. The summed E-state index contributed by atoms with van der Waals surface area (Å²) < 4.78 is 23.7. The molecule has 1 aromatic rings. The van der Waals surface area contributed by atoms with Crippen LogP contribution in [0.1, 0.15) is 66.1 Å². The summed E-state index contributed by atoms with van der Waals surface area (Å²) >= 11 is 0. The number of rotatable bonds is 4. The molecule has 36 heavy (non-hydrogen) atoms. The molecule has 2 aliphatic heterocycles. The van der Waals surface area contributed by atoms with Gasteiger partial charge in [0.05, 0.1) is 31.3 Å². The highest BCUT2D eigenvalue weighted by Crippen LogP contribution is 2.72. The van der Waals surface area contributed by atoms with Gasteiger partial charge in [0.2, 0.25) is 0 Å². The van der Waals surface area contributed by atoms with Crippen LogP contribution in [-0.2, 0) is 35.0 Å². The summed E-state index contributed by atoms with van der Waals surface area (Å²) in [4.78, 5) is 39.8. The van der Waals surface area contributed by atoms with Crippen molar-refractivity contribution in [3.63, 3.8) is 0 Å². The number of hydrogen-bond acceptors (Lipinski definition) is 7. The molecule has 3 heterocycles. The van der Waals surface area contributed by atoms with Gasteiger partial charge in [0.25, 0.3) is 0 Å². The van der Waals surface area contributed by atoms with Gasteiger partial charge < -0.3 is 18.6 Å². The van der Waals surface area contributed by atoms with Gasteiger partial charge >= 0.3 is 11.9 Å². The van der Waals surface area contributed by atoms with Crippen LogP contribution in [0.3, 0.4) is 0 Å². The molecule has 9 atom stereocenters. The molecule has 0 N–H and O–H groups in total. The van der Waals surface area contributed by atoms with E-state index in [1.54, 1.807) is 6.08 Å². The minimum Gasteiger partial charge on any atom is -0.469 e. The van der Waals surface area contributed by atoms with E-state index in [0.717, 1.165) is 29.7 Å². The van der Waals surface area contributed by atoms with E-state index in [-0.39, 0.29) is 37.6 Å². The van der Waals surface area contributed by atoms with Gasteiger partial charge in [0, 0.05) is 30.5 Å². The molecule has 3 fully saturated rings. The minimum atomic E-state index is -0.992. The first kappa shape index (κ1) is 23.7. The minimum absolute atomic E-state index is 0. The van der Waals surface area contributed by atoms with E-state index < -0.39 is 40.3 Å². The number of furan rings is 1. The molecule has 6 rings (SSSR count). The van der Waals surface area contributed by atoms with Gasteiger partial charge in [-0.05, 0) is 49.5 Å². The van der Waals surface area contributed by atoms with Crippen molar-refractivity contribution in [3.05, 3.63) is 47.0 Å². The van der Waals surface area contributed by atoms with Crippen molar-refractivity contribution in [3.8, 4) is 0 Å². The number of hydrogen-bond donors (Lipinski definition) is 0. The molecule has 1 saturated carbocycles. The lowest BCUT2D eigenvalue weighted by atomic mass is 9.42. The van der Waals surface area contributed by atoms with Crippen LogP contribution in [0.2, 0.25) is 0 Å². The number of ketones is 1. The van der Waals surface area contributed by atoms with E-state index >= 15 is 0 Å². The monoisotopic (exact) mass is 496 g/mol. The zero-order valence-corrected chi connectivity index (χ0v) is 21.8. The number of fused-ring (bicyclic) bond motifs is 4. The van der Waals surface area contributed by atoms with Crippen molar-refractivity contribution in [1.82, 2.24) is 0 Å². The number of carbonyl (C=O) groups excluding carboxylic acids is 3. The summed E-state index contributed by atoms with van der Waals surface area (Å²) in [5.41, 5.74) is 0.833. The normalized spacial score (nSPS) is 44.4. The van der Waals surface area contributed by atoms with Crippen LogP contribution in [0.4, 0.5) is 0 Å². The summed E-state index contributed by atoms with van der Waals surface area (Å²) in [5, 5.41) is 0. The average molecular weight is 497 g/mol. The van der Waals surface area contributed by atoms with Gasteiger partial charge in [0.15, 0.2) is 5.78 Å². The van der Waals surface area contributed by atoms with Gasteiger partial charge in [-0.1, -0.05) is 32.4 Å². The second-order valence-corrected chi connectivity index (χ2v) is 11.9. The fourth-order valence-corrected chi connectivity index (χ4v) is 8.70. The van der Waals surface area contributed by atoms with Crippen LogP contribution in [0.15, 0.2) is 40.0 Å². The first-order chi connectivity index (χ1) is 17.0. The van der Waals surface area contributed by atoms with Crippen LogP contribution >= 0.6 is 0 Å². The summed E-state index contributed by atoms with van der Waals surface area (Å²) in [6.45, 7) is 10.1. The van der Waals surface area contributed by atoms with E-state index in [9.17, 15) is 14.4 Å². The third-order valence-corrected chi connectivity index (χ3v) is 10.4. The molecule has 194 valence electrons. The predicted molar refractivity (Wildman–Crippen MR) is 131 cm³/mol. The van der Waals surface area contributed by atoms with Crippen LogP contribution in [0.25, 0.3) is 0 Å². The van der Waals surface area contributed by atoms with Crippen LogP contribution in [-0.4, -0.2) is 43.1 Å². The van der Waals surface area contributed by atoms with Crippen LogP contribution in [0.5, 0.6) is 0 Å². The fraction of sp³-hybridized carbons (Fsp3) is 0.621. The second-order valence-electron chi connectivity index (χ2n) is 11.9. The summed E-state index contributed by atoms with van der Waals surface area (Å²) in [6.07, 6.45) is 5.51. The first-order valence-electron chi connectivity index (χ1n) is 13.0. The van der Waals surface area contributed by atoms with Gasteiger partial charge in [0.1, 0.15) is 18.0 Å². The maximum absolute atomic E-state index is 13.7. The Morgan fingerprint density at radius 2 is 1.97 bits per heavy atom. The summed E-state index contributed by atoms with van der Waals surface area (Å²) in [7, 11) is 1.37. The Morgan fingerprint density at radius 3 is 2.64 bits per heavy atom. The Hall–Kier alpha value is -2.67. The maximum atomic E-state index is 13.7. The standard InChI is InChI=1S/C29H34O7.H2/c1-7-16-10-15(13-34-16)17-11-18-22(14(17)2)29(5)19(12-21(31)33-6)28(4)20(30)8-9-27(3)24(28)23(25(29)35-18)36-26(27)32;/h8-10,13,17-19,23-25H,7,11-12H2,1-6H3;1H/t17?,18?,19-,23-,24?,25?,27-,28+,29-;/m1./s1. The maximum Gasteiger partial charge on any atom is 0.316 e. The number of methoxy groups -OCH3 is 1. The topological polar surface area (TPSA) is 92.0 Å². The summed E-state index contributed by atoms with van der Waals surface area (Å²) in [6, 6.07) is 2.11. The van der Waals surface area contributed by atoms with Crippen molar-refractivity contribution in [1.29, 1.82) is 0 Å².